The first-order valence-corrected chi connectivity index (χ1v) is 9.71. The van der Waals surface area contributed by atoms with Crippen LogP contribution in [0, 0.1) is 11.3 Å². The number of aliphatic imine (C=N–C) groups is 1. The summed E-state index contributed by atoms with van der Waals surface area (Å²) in [4.78, 5) is 30.5. The summed E-state index contributed by atoms with van der Waals surface area (Å²) in [7, 11) is 0. The van der Waals surface area contributed by atoms with Crippen LogP contribution in [0.1, 0.15) is 50.7 Å². The molecule has 0 N–H and O–H groups in total. The summed E-state index contributed by atoms with van der Waals surface area (Å²) in [5.41, 5.74) is -0.337. The van der Waals surface area contributed by atoms with E-state index in [0.29, 0.717) is 17.8 Å². The highest BCUT2D eigenvalue weighted by Gasteiger charge is 2.48. The number of carbonyl (C=O) groups is 2. The zero-order chi connectivity index (χ0) is 22.3. The van der Waals surface area contributed by atoms with Crippen molar-refractivity contribution < 1.29 is 27.5 Å². The molecule has 0 radical (unpaired) electrons. The van der Waals surface area contributed by atoms with E-state index in [2.05, 4.69) is 11.6 Å². The monoisotopic (exact) mass is 419 g/mol. The molecule has 2 aliphatic rings. The highest BCUT2D eigenvalue weighted by atomic mass is 19.4. The van der Waals surface area contributed by atoms with Gasteiger partial charge in [-0.05, 0) is 30.4 Å². The number of benzene rings is 1. The minimum atomic E-state index is -4.63. The SMILES string of the molecule is C=CCOC(=O)C1C(C)=NC2=C(C(=O)CC(C)(C)C2)[C@@H]1c1ccccc1C(F)(F)F. The van der Waals surface area contributed by atoms with Crippen molar-refractivity contribution in [3.8, 4) is 0 Å². The van der Waals surface area contributed by atoms with Crippen molar-refractivity contribution in [1.29, 1.82) is 0 Å². The zero-order valence-electron chi connectivity index (χ0n) is 17.2. The first-order chi connectivity index (χ1) is 14.0. The molecule has 0 saturated heterocycles. The summed E-state index contributed by atoms with van der Waals surface area (Å²) in [5, 5.41) is 0. The van der Waals surface area contributed by atoms with Gasteiger partial charge in [-0.3, -0.25) is 14.6 Å². The Balaban J connectivity index is 2.24. The average Bonchev–Trinajstić information content (AvgIpc) is 2.63. The Labute approximate surface area is 173 Å². The number of allylic oxidation sites excluding steroid dienone is 2. The average molecular weight is 419 g/mol. The first-order valence-electron chi connectivity index (χ1n) is 9.71. The van der Waals surface area contributed by atoms with E-state index in [-0.39, 0.29) is 35.4 Å². The lowest BCUT2D eigenvalue weighted by Gasteiger charge is -2.39. The standard InChI is InChI=1S/C23H24F3NO3/c1-5-10-30-21(29)18-13(2)27-16-11-22(3,4)12-17(28)20(16)19(18)14-8-6-7-9-15(14)23(24,25)26/h5-9,18-19H,1,10-12H2,2-4H3/t18?,19-/m1/s1. The zero-order valence-corrected chi connectivity index (χ0v) is 17.2. The van der Waals surface area contributed by atoms with Gasteiger partial charge in [0.15, 0.2) is 5.78 Å². The van der Waals surface area contributed by atoms with E-state index in [1.54, 1.807) is 6.92 Å². The Morgan fingerprint density at radius 3 is 2.60 bits per heavy atom. The highest BCUT2D eigenvalue weighted by molar-refractivity contribution is 6.09. The Morgan fingerprint density at radius 2 is 1.97 bits per heavy atom. The van der Waals surface area contributed by atoms with Crippen LogP contribution in [0.2, 0.25) is 0 Å². The summed E-state index contributed by atoms with van der Waals surface area (Å²) >= 11 is 0. The molecule has 0 amide bonds. The van der Waals surface area contributed by atoms with Crippen LogP contribution in [0.25, 0.3) is 0 Å². The van der Waals surface area contributed by atoms with Crippen molar-refractivity contribution in [2.75, 3.05) is 6.61 Å². The predicted octanol–water partition coefficient (Wildman–Crippen LogP) is 5.25. The molecular weight excluding hydrogens is 395 g/mol. The number of nitrogens with zero attached hydrogens (tertiary/aromatic N) is 1. The third kappa shape index (κ3) is 4.11. The number of Topliss-reactive ketones (excluding diaryl/α,β-unsaturated/α-hetero) is 1. The van der Waals surface area contributed by atoms with Gasteiger partial charge in [0.1, 0.15) is 12.5 Å². The maximum atomic E-state index is 13.8. The number of alkyl halides is 3. The number of rotatable bonds is 4. The van der Waals surface area contributed by atoms with E-state index in [4.69, 9.17) is 4.74 Å². The molecule has 30 heavy (non-hydrogen) atoms. The Kier molecular flexibility index (Phi) is 5.76. The van der Waals surface area contributed by atoms with E-state index < -0.39 is 29.5 Å². The summed E-state index contributed by atoms with van der Waals surface area (Å²) in [5.74, 6) is -3.21. The van der Waals surface area contributed by atoms with E-state index in [0.717, 1.165) is 6.07 Å². The van der Waals surface area contributed by atoms with E-state index in [9.17, 15) is 22.8 Å². The molecule has 0 bridgehead atoms. The van der Waals surface area contributed by atoms with E-state index in [1.165, 1.54) is 24.3 Å². The molecule has 2 atom stereocenters. The fraction of sp³-hybridized carbons (Fsp3) is 0.435. The fourth-order valence-electron chi connectivity index (χ4n) is 4.34. The maximum absolute atomic E-state index is 13.8. The molecule has 1 aliphatic carbocycles. The summed E-state index contributed by atoms with van der Waals surface area (Å²) < 4.78 is 46.6. The smallest absolute Gasteiger partial charge is 0.416 e. The lowest BCUT2D eigenvalue weighted by Crippen LogP contribution is -2.40. The minimum absolute atomic E-state index is 0.0802. The maximum Gasteiger partial charge on any atom is 0.416 e. The molecule has 0 aromatic heterocycles. The van der Waals surface area contributed by atoms with Crippen molar-refractivity contribution in [2.24, 2.45) is 16.3 Å². The van der Waals surface area contributed by atoms with Crippen LogP contribution in [0.3, 0.4) is 0 Å². The van der Waals surface area contributed by atoms with Gasteiger partial charge in [0, 0.05) is 29.3 Å². The van der Waals surface area contributed by atoms with Crippen molar-refractivity contribution >= 4 is 17.5 Å². The number of ketones is 1. The largest absolute Gasteiger partial charge is 0.461 e. The molecule has 0 saturated carbocycles. The molecule has 0 spiro atoms. The molecule has 1 heterocycles. The van der Waals surface area contributed by atoms with Crippen LogP contribution in [0.5, 0.6) is 0 Å². The number of hydrogen-bond acceptors (Lipinski definition) is 4. The second-order valence-corrected chi connectivity index (χ2v) is 8.51. The van der Waals surface area contributed by atoms with Gasteiger partial charge >= 0.3 is 12.1 Å². The number of esters is 1. The molecule has 1 aliphatic heterocycles. The molecule has 1 aromatic rings. The van der Waals surface area contributed by atoms with Crippen LogP contribution in [-0.2, 0) is 20.5 Å². The van der Waals surface area contributed by atoms with Gasteiger partial charge in [0.2, 0.25) is 0 Å². The Bertz CT molecular complexity index is 957. The van der Waals surface area contributed by atoms with Crippen LogP contribution in [-0.4, -0.2) is 24.1 Å². The predicted molar refractivity (Wildman–Crippen MR) is 107 cm³/mol. The van der Waals surface area contributed by atoms with Gasteiger partial charge in [-0.25, -0.2) is 0 Å². The van der Waals surface area contributed by atoms with Crippen LogP contribution in [0.15, 0.2) is 53.2 Å². The quantitative estimate of drug-likeness (QED) is 0.495. The van der Waals surface area contributed by atoms with E-state index in [1.807, 2.05) is 13.8 Å². The minimum Gasteiger partial charge on any atom is -0.461 e. The van der Waals surface area contributed by atoms with Crippen LogP contribution in [0.4, 0.5) is 13.2 Å². The number of hydrogen-bond donors (Lipinski definition) is 0. The van der Waals surface area contributed by atoms with Gasteiger partial charge in [0.25, 0.3) is 0 Å². The number of halogens is 3. The Morgan fingerprint density at radius 1 is 1.30 bits per heavy atom. The summed E-state index contributed by atoms with van der Waals surface area (Å²) in [6.45, 7) is 8.85. The first kappa shape index (κ1) is 22.0. The second-order valence-electron chi connectivity index (χ2n) is 8.51. The van der Waals surface area contributed by atoms with Crippen molar-refractivity contribution in [3.63, 3.8) is 0 Å². The molecule has 3 rings (SSSR count). The molecule has 7 heteroatoms. The molecule has 4 nitrogen and oxygen atoms in total. The van der Waals surface area contributed by atoms with Crippen LogP contribution < -0.4 is 0 Å². The number of ether oxygens (including phenoxy) is 1. The van der Waals surface area contributed by atoms with Crippen molar-refractivity contribution in [3.05, 3.63) is 59.3 Å². The van der Waals surface area contributed by atoms with Gasteiger partial charge < -0.3 is 4.74 Å². The summed E-state index contributed by atoms with van der Waals surface area (Å²) in [6, 6.07) is 5.08. The normalized spacial score (nSPS) is 23.5. The lowest BCUT2D eigenvalue weighted by molar-refractivity contribution is -0.146. The topological polar surface area (TPSA) is 55.7 Å². The molecule has 160 valence electrons. The van der Waals surface area contributed by atoms with Gasteiger partial charge in [-0.15, -0.1) is 0 Å². The summed E-state index contributed by atoms with van der Waals surface area (Å²) in [6.07, 6.45) is -2.62. The van der Waals surface area contributed by atoms with Crippen molar-refractivity contribution in [2.45, 2.75) is 45.7 Å². The third-order valence-electron chi connectivity index (χ3n) is 5.50. The third-order valence-corrected chi connectivity index (χ3v) is 5.50. The van der Waals surface area contributed by atoms with Gasteiger partial charge in [0.05, 0.1) is 5.56 Å². The second kappa shape index (κ2) is 7.85. The highest BCUT2D eigenvalue weighted by Crippen LogP contribution is 2.50. The fourth-order valence-corrected chi connectivity index (χ4v) is 4.34. The van der Waals surface area contributed by atoms with Gasteiger partial charge in [-0.2, -0.15) is 13.2 Å². The molecule has 1 unspecified atom stereocenters. The number of carbonyl (C=O) groups excluding carboxylic acids is 2. The van der Waals surface area contributed by atoms with Crippen molar-refractivity contribution in [1.82, 2.24) is 0 Å². The van der Waals surface area contributed by atoms with Gasteiger partial charge in [-0.1, -0.05) is 44.7 Å². The lowest BCUT2D eigenvalue weighted by atomic mass is 9.66. The van der Waals surface area contributed by atoms with E-state index >= 15 is 0 Å². The molecule has 1 aromatic carbocycles. The molecular formula is C23H24F3NO3. The van der Waals surface area contributed by atoms with Crippen LogP contribution >= 0.6 is 0 Å². The molecule has 0 fully saturated rings. The Hall–Kier alpha value is -2.70.